The van der Waals surface area contributed by atoms with E-state index in [4.69, 9.17) is 21.1 Å². The number of hydrogen-bond acceptors (Lipinski definition) is 6. The van der Waals surface area contributed by atoms with E-state index in [1.807, 2.05) is 4.72 Å². The van der Waals surface area contributed by atoms with E-state index in [1.165, 1.54) is 0 Å². The monoisotopic (exact) mass is 285 g/mol. The van der Waals surface area contributed by atoms with Crippen LogP contribution in [-0.4, -0.2) is 62.1 Å². The average Bonchev–Trinajstić information content (AvgIpc) is 2.31. The molecule has 0 amide bonds. The SMILES string of the molecule is N[C@@H](CNS(=O)(=O)NCCC(CO)CO)C(=O)O. The maximum atomic E-state index is 11.3. The van der Waals surface area contributed by atoms with Crippen molar-refractivity contribution in [1.29, 1.82) is 0 Å². The Labute approximate surface area is 105 Å². The van der Waals surface area contributed by atoms with Gasteiger partial charge in [0, 0.05) is 32.2 Å². The Morgan fingerprint density at radius 3 is 2.22 bits per heavy atom. The van der Waals surface area contributed by atoms with Crippen LogP contribution < -0.4 is 15.2 Å². The van der Waals surface area contributed by atoms with Gasteiger partial charge in [-0.25, -0.2) is 9.44 Å². The molecule has 0 unspecified atom stereocenters. The van der Waals surface area contributed by atoms with Gasteiger partial charge in [-0.05, 0) is 6.42 Å². The van der Waals surface area contributed by atoms with Crippen LogP contribution in [0.4, 0.5) is 0 Å². The fraction of sp³-hybridized carbons (Fsp3) is 0.875. The molecule has 0 saturated heterocycles. The van der Waals surface area contributed by atoms with Crippen LogP contribution in [0.15, 0.2) is 0 Å². The van der Waals surface area contributed by atoms with Gasteiger partial charge in [0.05, 0.1) is 0 Å². The van der Waals surface area contributed by atoms with Crippen molar-refractivity contribution < 1.29 is 28.5 Å². The fourth-order valence-corrected chi connectivity index (χ4v) is 1.86. The summed E-state index contributed by atoms with van der Waals surface area (Å²) in [5.41, 5.74) is 5.12. The van der Waals surface area contributed by atoms with Crippen molar-refractivity contribution in [2.24, 2.45) is 11.7 Å². The molecular weight excluding hydrogens is 266 g/mol. The molecule has 0 fully saturated rings. The topological polar surface area (TPSA) is 162 Å². The zero-order chi connectivity index (χ0) is 14.2. The van der Waals surface area contributed by atoms with E-state index < -0.39 is 34.7 Å². The maximum Gasteiger partial charge on any atom is 0.321 e. The first-order chi connectivity index (χ1) is 8.32. The number of nitrogens with two attached hydrogens (primary N) is 1. The van der Waals surface area contributed by atoms with Crippen molar-refractivity contribution in [1.82, 2.24) is 9.44 Å². The first-order valence-corrected chi connectivity index (χ1v) is 6.75. The Bertz CT molecular complexity index is 343. The summed E-state index contributed by atoms with van der Waals surface area (Å²) in [5, 5.41) is 26.0. The molecular formula is C8H19N3O6S. The molecule has 0 saturated carbocycles. The van der Waals surface area contributed by atoms with Gasteiger partial charge >= 0.3 is 5.97 Å². The highest BCUT2D eigenvalue weighted by molar-refractivity contribution is 7.87. The van der Waals surface area contributed by atoms with Crippen molar-refractivity contribution >= 4 is 16.2 Å². The standard InChI is InChI=1S/C8H19N3O6S/c9-7(8(14)15)3-11-18(16,17)10-2-1-6(4-12)5-13/h6-7,10-13H,1-5,9H2,(H,14,15)/t7-/m0/s1. The van der Waals surface area contributed by atoms with E-state index in [0.29, 0.717) is 0 Å². The van der Waals surface area contributed by atoms with Crippen LogP contribution >= 0.6 is 0 Å². The molecule has 0 rings (SSSR count). The predicted octanol–water partition coefficient (Wildman–Crippen LogP) is -3.19. The lowest BCUT2D eigenvalue weighted by atomic mass is 10.1. The minimum Gasteiger partial charge on any atom is -0.480 e. The Hall–Kier alpha value is -0.780. The molecule has 0 aromatic heterocycles. The van der Waals surface area contributed by atoms with Gasteiger partial charge in [-0.15, -0.1) is 0 Å². The fourth-order valence-electron chi connectivity index (χ4n) is 0.976. The van der Waals surface area contributed by atoms with Gasteiger partial charge in [0.2, 0.25) is 0 Å². The van der Waals surface area contributed by atoms with E-state index in [2.05, 4.69) is 4.72 Å². The molecule has 0 aliphatic rings. The molecule has 0 aromatic carbocycles. The predicted molar refractivity (Wildman–Crippen MR) is 62.8 cm³/mol. The normalized spacial score (nSPS) is 13.8. The first kappa shape index (κ1) is 17.2. The molecule has 0 radical (unpaired) electrons. The van der Waals surface area contributed by atoms with E-state index >= 15 is 0 Å². The molecule has 108 valence electrons. The summed E-state index contributed by atoms with van der Waals surface area (Å²) >= 11 is 0. The Morgan fingerprint density at radius 1 is 1.22 bits per heavy atom. The molecule has 0 aromatic rings. The van der Waals surface area contributed by atoms with Crippen LogP contribution in [0.5, 0.6) is 0 Å². The number of aliphatic hydroxyl groups excluding tert-OH is 2. The second kappa shape index (κ2) is 8.34. The third-order valence-electron chi connectivity index (χ3n) is 2.17. The number of carboxylic acids is 1. The Balaban J connectivity index is 3.98. The Morgan fingerprint density at radius 2 is 1.78 bits per heavy atom. The van der Waals surface area contributed by atoms with Crippen LogP contribution in [0, 0.1) is 5.92 Å². The van der Waals surface area contributed by atoms with Gasteiger partial charge in [-0.3, -0.25) is 4.79 Å². The molecule has 10 heteroatoms. The maximum absolute atomic E-state index is 11.3. The summed E-state index contributed by atoms with van der Waals surface area (Å²) in [7, 11) is -3.83. The summed E-state index contributed by atoms with van der Waals surface area (Å²) in [5.74, 6) is -1.70. The van der Waals surface area contributed by atoms with Crippen molar-refractivity contribution in [3.05, 3.63) is 0 Å². The van der Waals surface area contributed by atoms with E-state index in [1.54, 1.807) is 0 Å². The van der Waals surface area contributed by atoms with Gasteiger partial charge in [-0.1, -0.05) is 0 Å². The zero-order valence-electron chi connectivity index (χ0n) is 9.74. The molecule has 0 heterocycles. The number of nitrogens with one attached hydrogen (secondary N) is 2. The largest absolute Gasteiger partial charge is 0.480 e. The Kier molecular flexibility index (Phi) is 7.98. The zero-order valence-corrected chi connectivity index (χ0v) is 10.6. The van der Waals surface area contributed by atoms with Crippen molar-refractivity contribution in [3.8, 4) is 0 Å². The summed E-state index contributed by atoms with van der Waals surface area (Å²) in [6, 6.07) is -1.32. The highest BCUT2D eigenvalue weighted by Gasteiger charge is 2.16. The van der Waals surface area contributed by atoms with Gasteiger partial charge < -0.3 is 21.1 Å². The second-order valence-electron chi connectivity index (χ2n) is 3.71. The molecule has 7 N–H and O–H groups in total. The van der Waals surface area contributed by atoms with Crippen molar-refractivity contribution in [2.45, 2.75) is 12.5 Å². The average molecular weight is 285 g/mol. The highest BCUT2D eigenvalue weighted by atomic mass is 32.2. The smallest absolute Gasteiger partial charge is 0.321 e. The van der Waals surface area contributed by atoms with Crippen molar-refractivity contribution in [2.75, 3.05) is 26.3 Å². The number of aliphatic carboxylic acids is 1. The lowest BCUT2D eigenvalue weighted by Gasteiger charge is -2.13. The third kappa shape index (κ3) is 7.53. The molecule has 9 nitrogen and oxygen atoms in total. The quantitative estimate of drug-likeness (QED) is 0.246. The third-order valence-corrected chi connectivity index (χ3v) is 3.30. The van der Waals surface area contributed by atoms with Gasteiger partial charge in [0.1, 0.15) is 6.04 Å². The summed E-state index contributed by atoms with van der Waals surface area (Å²) < 4.78 is 26.8. The lowest BCUT2D eigenvalue weighted by molar-refractivity contribution is -0.138. The number of rotatable bonds is 10. The molecule has 0 aliphatic carbocycles. The van der Waals surface area contributed by atoms with E-state index in [0.717, 1.165) is 0 Å². The molecule has 0 aliphatic heterocycles. The number of hydrogen-bond donors (Lipinski definition) is 6. The van der Waals surface area contributed by atoms with Crippen LogP contribution in [0.25, 0.3) is 0 Å². The lowest BCUT2D eigenvalue weighted by Crippen LogP contribution is -2.46. The van der Waals surface area contributed by atoms with Crippen LogP contribution in [0.2, 0.25) is 0 Å². The minimum atomic E-state index is -3.83. The number of aliphatic hydroxyl groups is 2. The van der Waals surface area contributed by atoms with Gasteiger partial charge in [0.15, 0.2) is 0 Å². The van der Waals surface area contributed by atoms with Gasteiger partial charge in [-0.2, -0.15) is 8.42 Å². The van der Waals surface area contributed by atoms with Crippen molar-refractivity contribution in [3.63, 3.8) is 0 Å². The van der Waals surface area contributed by atoms with Gasteiger partial charge in [0.25, 0.3) is 10.2 Å². The summed E-state index contributed by atoms with van der Waals surface area (Å²) in [4.78, 5) is 10.4. The molecule has 1 atom stereocenters. The molecule has 0 spiro atoms. The second-order valence-corrected chi connectivity index (χ2v) is 5.30. The van der Waals surface area contributed by atoms with Crippen LogP contribution in [-0.2, 0) is 15.0 Å². The molecule has 0 bridgehead atoms. The first-order valence-electron chi connectivity index (χ1n) is 5.26. The van der Waals surface area contributed by atoms with E-state index in [-0.39, 0.29) is 26.2 Å². The van der Waals surface area contributed by atoms with Crippen LogP contribution in [0.1, 0.15) is 6.42 Å². The number of carbonyl (C=O) groups is 1. The highest BCUT2D eigenvalue weighted by Crippen LogP contribution is 1.98. The number of carboxylic acid groups (broad SMARTS) is 1. The van der Waals surface area contributed by atoms with E-state index in [9.17, 15) is 13.2 Å². The summed E-state index contributed by atoms with van der Waals surface area (Å²) in [6.45, 7) is -0.886. The minimum absolute atomic E-state index is 0.0173. The summed E-state index contributed by atoms with van der Waals surface area (Å²) in [6.07, 6.45) is 0.263. The van der Waals surface area contributed by atoms with Crippen LogP contribution in [0.3, 0.4) is 0 Å². The molecule has 18 heavy (non-hydrogen) atoms.